The highest BCUT2D eigenvalue weighted by atomic mass is 19.4. The first-order valence-electron chi connectivity index (χ1n) is 9.91. The molecule has 32 heavy (non-hydrogen) atoms. The molecule has 1 aromatic rings. The zero-order valence-corrected chi connectivity index (χ0v) is 17.1. The number of halogens is 6. The van der Waals surface area contributed by atoms with Gasteiger partial charge in [-0.05, 0) is 36.5 Å². The van der Waals surface area contributed by atoms with Gasteiger partial charge < -0.3 is 5.32 Å². The second-order valence-corrected chi connectivity index (χ2v) is 8.22. The zero-order chi connectivity index (χ0) is 24.1. The number of imide groups is 1. The van der Waals surface area contributed by atoms with E-state index in [-0.39, 0.29) is 11.8 Å². The Morgan fingerprint density at radius 3 is 2.38 bits per heavy atom. The van der Waals surface area contributed by atoms with Crippen molar-refractivity contribution in [1.82, 2.24) is 15.5 Å². The number of nitrogens with zero attached hydrogens (tertiary/aromatic N) is 1. The van der Waals surface area contributed by atoms with Crippen LogP contribution in [0.1, 0.15) is 49.0 Å². The van der Waals surface area contributed by atoms with E-state index < -0.39 is 53.0 Å². The monoisotopic (exact) mass is 465 g/mol. The number of urea groups is 1. The lowest BCUT2D eigenvalue weighted by Crippen LogP contribution is -2.69. The molecule has 3 rings (SSSR count). The van der Waals surface area contributed by atoms with E-state index in [4.69, 9.17) is 0 Å². The molecule has 12 heteroatoms. The molecule has 1 aromatic carbocycles. The van der Waals surface area contributed by atoms with Gasteiger partial charge in [0.25, 0.3) is 17.5 Å². The molecular formula is C20H21F6N3O3. The average Bonchev–Trinajstić information content (AvgIpc) is 2.94. The molecule has 0 aromatic heterocycles. The van der Waals surface area contributed by atoms with Crippen molar-refractivity contribution in [3.05, 3.63) is 35.4 Å². The highest BCUT2D eigenvalue weighted by molar-refractivity contribution is 6.10. The second kappa shape index (κ2) is 7.96. The first kappa shape index (κ1) is 23.9. The molecule has 0 bridgehead atoms. The van der Waals surface area contributed by atoms with Crippen LogP contribution in [0.3, 0.4) is 0 Å². The third-order valence-corrected chi connectivity index (χ3v) is 6.23. The Balaban J connectivity index is 1.95. The Kier molecular flexibility index (Phi) is 5.94. The lowest BCUT2D eigenvalue weighted by atomic mass is 9.77. The van der Waals surface area contributed by atoms with Crippen molar-refractivity contribution < 1.29 is 40.7 Å². The van der Waals surface area contributed by atoms with Gasteiger partial charge in [0.2, 0.25) is 0 Å². The van der Waals surface area contributed by atoms with Crippen LogP contribution in [0, 0.1) is 11.8 Å². The molecule has 1 saturated carbocycles. The maximum Gasteiger partial charge on any atom is 0.440 e. The first-order valence-corrected chi connectivity index (χ1v) is 9.91. The van der Waals surface area contributed by atoms with E-state index in [1.54, 1.807) is 12.2 Å². The number of carbonyl (C=O) groups is 3. The molecule has 1 saturated heterocycles. The van der Waals surface area contributed by atoms with Crippen molar-refractivity contribution in [2.24, 2.45) is 11.8 Å². The van der Waals surface area contributed by atoms with Gasteiger partial charge >= 0.3 is 18.4 Å². The summed E-state index contributed by atoms with van der Waals surface area (Å²) in [7, 11) is 0. The molecule has 1 aliphatic heterocycles. The molecule has 4 atom stereocenters. The van der Waals surface area contributed by atoms with Crippen molar-refractivity contribution in [2.75, 3.05) is 0 Å². The number of nitrogens with one attached hydrogen (secondary N) is 2. The van der Waals surface area contributed by atoms with E-state index in [1.807, 2.05) is 6.92 Å². The van der Waals surface area contributed by atoms with Crippen molar-refractivity contribution >= 4 is 17.8 Å². The minimum absolute atomic E-state index is 0.0509. The smallest absolute Gasteiger partial charge is 0.314 e. The number of rotatable bonds is 3. The SMILES string of the molecule is C[C@@H]1[C@@H](C)CCC[C@@H]1N1C(=O)N[C@@](NC(=O)c2cccc(C(F)(F)F)c2)(C(F)(F)F)C1=O. The molecule has 2 fully saturated rings. The van der Waals surface area contributed by atoms with E-state index in [9.17, 15) is 40.7 Å². The lowest BCUT2D eigenvalue weighted by molar-refractivity contribution is -0.201. The largest absolute Gasteiger partial charge is 0.440 e. The number of amides is 4. The lowest BCUT2D eigenvalue weighted by Gasteiger charge is -2.38. The molecule has 2 N–H and O–H groups in total. The summed E-state index contributed by atoms with van der Waals surface area (Å²) in [5, 5.41) is 2.99. The van der Waals surface area contributed by atoms with E-state index in [2.05, 4.69) is 0 Å². The van der Waals surface area contributed by atoms with Gasteiger partial charge in [-0.15, -0.1) is 0 Å². The third kappa shape index (κ3) is 4.02. The van der Waals surface area contributed by atoms with Gasteiger partial charge in [-0.2, -0.15) is 26.3 Å². The number of carbonyl (C=O) groups excluding carboxylic acids is 3. The van der Waals surface area contributed by atoms with Gasteiger partial charge in [0.05, 0.1) is 5.56 Å². The van der Waals surface area contributed by atoms with Crippen LogP contribution in [0.25, 0.3) is 0 Å². The molecule has 0 spiro atoms. The normalized spacial score (nSPS) is 29.1. The van der Waals surface area contributed by atoms with Gasteiger partial charge in [-0.25, -0.2) is 4.79 Å². The Morgan fingerprint density at radius 1 is 1.12 bits per heavy atom. The molecular weight excluding hydrogens is 444 g/mol. The first-order chi connectivity index (χ1) is 14.7. The summed E-state index contributed by atoms with van der Waals surface area (Å²) in [6.45, 7) is 3.59. The highest BCUT2D eigenvalue weighted by Crippen LogP contribution is 2.40. The van der Waals surface area contributed by atoms with Crippen molar-refractivity contribution in [2.45, 2.75) is 57.2 Å². The Morgan fingerprint density at radius 2 is 1.78 bits per heavy atom. The topological polar surface area (TPSA) is 78.5 Å². The Bertz CT molecular complexity index is 932. The minimum Gasteiger partial charge on any atom is -0.314 e. The number of alkyl halides is 6. The van der Waals surface area contributed by atoms with Crippen molar-refractivity contribution in [3.8, 4) is 0 Å². The fourth-order valence-corrected chi connectivity index (χ4v) is 4.19. The maximum absolute atomic E-state index is 14.0. The molecule has 6 nitrogen and oxygen atoms in total. The fraction of sp³-hybridized carbons (Fsp3) is 0.550. The average molecular weight is 465 g/mol. The summed E-state index contributed by atoms with van der Waals surface area (Å²) in [5.41, 5.74) is -5.78. The van der Waals surface area contributed by atoms with E-state index in [0.717, 1.165) is 18.6 Å². The quantitative estimate of drug-likeness (QED) is 0.522. The van der Waals surface area contributed by atoms with Crippen LogP contribution in [0.4, 0.5) is 31.1 Å². The van der Waals surface area contributed by atoms with Crippen molar-refractivity contribution in [3.63, 3.8) is 0 Å². The van der Waals surface area contributed by atoms with Gasteiger partial charge in [-0.3, -0.25) is 19.8 Å². The van der Waals surface area contributed by atoms with Crippen LogP contribution in [0.2, 0.25) is 0 Å². The maximum atomic E-state index is 14.0. The van der Waals surface area contributed by atoms with Gasteiger partial charge in [0.1, 0.15) is 0 Å². The van der Waals surface area contributed by atoms with Gasteiger partial charge in [0, 0.05) is 11.6 Å². The minimum atomic E-state index is -5.45. The molecule has 2 aliphatic rings. The van der Waals surface area contributed by atoms with Gasteiger partial charge in [-0.1, -0.05) is 32.8 Å². The molecule has 1 heterocycles. The number of hydrogen-bond donors (Lipinski definition) is 2. The molecule has 176 valence electrons. The number of benzene rings is 1. The second-order valence-electron chi connectivity index (χ2n) is 8.22. The van der Waals surface area contributed by atoms with E-state index in [0.29, 0.717) is 29.9 Å². The summed E-state index contributed by atoms with van der Waals surface area (Å²) in [5.74, 6) is -3.52. The van der Waals surface area contributed by atoms with Crippen LogP contribution in [-0.4, -0.2) is 40.6 Å². The predicted octanol–water partition coefficient (Wildman–Crippen LogP) is 4.07. The standard InChI is InChI=1S/C20H21F6N3O3/c1-10-5-3-8-14(11(10)2)29-16(31)18(20(24,25)26,28-17(29)32)27-15(30)12-6-4-7-13(9-12)19(21,22)23/h4,6-7,9-11,14H,3,5,8H2,1-2H3,(H,27,30)(H,28,32)/t10-,11+,14-,18+/m0/s1. The summed E-state index contributed by atoms with van der Waals surface area (Å²) in [4.78, 5) is 38.4. The molecule has 0 unspecified atom stereocenters. The van der Waals surface area contributed by atoms with Crippen LogP contribution in [0.5, 0.6) is 0 Å². The summed E-state index contributed by atoms with van der Waals surface area (Å²) in [6, 6.07) is 0.613. The fourth-order valence-electron chi connectivity index (χ4n) is 4.19. The molecule has 0 radical (unpaired) electrons. The van der Waals surface area contributed by atoms with E-state index in [1.165, 1.54) is 5.32 Å². The highest BCUT2D eigenvalue weighted by Gasteiger charge is 2.70. The summed E-state index contributed by atoms with van der Waals surface area (Å²) in [6.07, 6.45) is -8.59. The number of hydrogen-bond acceptors (Lipinski definition) is 3. The Hall–Kier alpha value is -2.79. The summed E-state index contributed by atoms with van der Waals surface area (Å²) < 4.78 is 80.9. The van der Waals surface area contributed by atoms with E-state index >= 15 is 0 Å². The predicted molar refractivity (Wildman–Crippen MR) is 99.0 cm³/mol. The van der Waals surface area contributed by atoms with Crippen LogP contribution < -0.4 is 10.6 Å². The van der Waals surface area contributed by atoms with Crippen molar-refractivity contribution in [1.29, 1.82) is 0 Å². The van der Waals surface area contributed by atoms with Crippen LogP contribution in [0.15, 0.2) is 24.3 Å². The summed E-state index contributed by atoms with van der Waals surface area (Å²) >= 11 is 0. The van der Waals surface area contributed by atoms with Gasteiger partial charge in [0.15, 0.2) is 0 Å². The van der Waals surface area contributed by atoms with Crippen LogP contribution >= 0.6 is 0 Å². The Labute approximate surface area is 179 Å². The van der Waals surface area contributed by atoms with Crippen LogP contribution in [-0.2, 0) is 11.0 Å². The molecule has 1 aliphatic carbocycles. The zero-order valence-electron chi connectivity index (χ0n) is 17.1. The third-order valence-electron chi connectivity index (χ3n) is 6.23. The molecule has 4 amide bonds.